The summed E-state index contributed by atoms with van der Waals surface area (Å²) in [5, 5.41) is 4.91. The van der Waals surface area contributed by atoms with E-state index in [9.17, 15) is 0 Å². The van der Waals surface area contributed by atoms with Crippen LogP contribution in [-0.2, 0) is 6.42 Å². The van der Waals surface area contributed by atoms with Crippen LogP contribution in [0.2, 0.25) is 0 Å². The van der Waals surface area contributed by atoms with Gasteiger partial charge in [0.1, 0.15) is 0 Å². The van der Waals surface area contributed by atoms with Crippen molar-refractivity contribution in [1.82, 2.24) is 10.3 Å². The number of hydrogen-bond acceptors (Lipinski definition) is 3. The fourth-order valence-electron chi connectivity index (χ4n) is 2.42. The highest BCUT2D eigenvalue weighted by atomic mass is 32.1. The minimum Gasteiger partial charge on any atom is -0.309 e. The number of benzene rings is 1. The van der Waals surface area contributed by atoms with Gasteiger partial charge in [-0.1, -0.05) is 31.2 Å². The van der Waals surface area contributed by atoms with Crippen LogP contribution < -0.4 is 5.32 Å². The van der Waals surface area contributed by atoms with Gasteiger partial charge in [-0.15, -0.1) is 11.3 Å². The average molecular weight is 282 g/mol. The highest BCUT2D eigenvalue weighted by molar-refractivity contribution is 7.19. The van der Waals surface area contributed by atoms with Crippen molar-refractivity contribution in [1.29, 1.82) is 0 Å². The largest absolute Gasteiger partial charge is 0.309 e. The Hall–Kier alpha value is -1.71. The second-order valence-corrected chi connectivity index (χ2v) is 5.94. The molecule has 0 saturated heterocycles. The minimum atomic E-state index is 0.340. The number of rotatable bonds is 5. The molecule has 1 atom stereocenters. The molecule has 3 heteroatoms. The van der Waals surface area contributed by atoms with Crippen molar-refractivity contribution in [3.8, 4) is 0 Å². The van der Waals surface area contributed by atoms with Gasteiger partial charge >= 0.3 is 0 Å². The molecule has 102 valence electrons. The maximum atomic E-state index is 4.44. The lowest BCUT2D eigenvalue weighted by Crippen LogP contribution is -2.22. The van der Waals surface area contributed by atoms with Gasteiger partial charge in [0.05, 0.1) is 0 Å². The number of thiophene rings is 1. The maximum absolute atomic E-state index is 4.44. The third-order valence-corrected chi connectivity index (χ3v) is 4.61. The maximum Gasteiger partial charge on any atom is 0.0471 e. The van der Waals surface area contributed by atoms with Gasteiger partial charge in [0.25, 0.3) is 0 Å². The monoisotopic (exact) mass is 282 g/mol. The van der Waals surface area contributed by atoms with E-state index in [1.165, 1.54) is 15.0 Å². The van der Waals surface area contributed by atoms with Crippen molar-refractivity contribution < 1.29 is 0 Å². The molecule has 3 aromatic rings. The molecule has 0 bridgehead atoms. The van der Waals surface area contributed by atoms with Gasteiger partial charge in [0.15, 0.2) is 0 Å². The molecule has 0 aliphatic carbocycles. The van der Waals surface area contributed by atoms with Crippen LogP contribution in [0.1, 0.15) is 23.5 Å². The summed E-state index contributed by atoms with van der Waals surface area (Å²) < 4.78 is 1.35. The van der Waals surface area contributed by atoms with E-state index in [1.54, 1.807) is 0 Å². The summed E-state index contributed by atoms with van der Waals surface area (Å²) in [6, 6.07) is 17.3. The van der Waals surface area contributed by atoms with Gasteiger partial charge in [-0.2, -0.15) is 0 Å². The van der Waals surface area contributed by atoms with E-state index >= 15 is 0 Å². The van der Waals surface area contributed by atoms with Crippen LogP contribution in [0.4, 0.5) is 0 Å². The highest BCUT2D eigenvalue weighted by Gasteiger charge is 2.14. The van der Waals surface area contributed by atoms with E-state index in [1.807, 2.05) is 23.6 Å². The highest BCUT2D eigenvalue weighted by Crippen LogP contribution is 2.31. The van der Waals surface area contributed by atoms with Crippen molar-refractivity contribution in [2.45, 2.75) is 19.4 Å². The molecular formula is C17H18N2S. The van der Waals surface area contributed by atoms with Gasteiger partial charge < -0.3 is 5.32 Å². The Balaban J connectivity index is 1.89. The van der Waals surface area contributed by atoms with Crippen LogP contribution in [0.5, 0.6) is 0 Å². The number of nitrogens with zero attached hydrogens (tertiary/aromatic N) is 1. The molecule has 0 saturated carbocycles. The lowest BCUT2D eigenvalue weighted by molar-refractivity contribution is 0.552. The smallest absolute Gasteiger partial charge is 0.0471 e. The van der Waals surface area contributed by atoms with Gasteiger partial charge in [-0.3, -0.25) is 4.98 Å². The summed E-state index contributed by atoms with van der Waals surface area (Å²) in [6.07, 6.45) is 2.80. The van der Waals surface area contributed by atoms with Gasteiger partial charge in [0, 0.05) is 33.9 Å². The molecule has 0 radical (unpaired) electrons. The first-order valence-electron chi connectivity index (χ1n) is 6.98. The van der Waals surface area contributed by atoms with Crippen LogP contribution in [-0.4, -0.2) is 11.5 Å². The molecule has 0 fully saturated rings. The quantitative estimate of drug-likeness (QED) is 0.759. The van der Waals surface area contributed by atoms with E-state index in [-0.39, 0.29) is 0 Å². The van der Waals surface area contributed by atoms with Crippen molar-refractivity contribution >= 4 is 21.4 Å². The molecule has 2 heterocycles. The third-order valence-electron chi connectivity index (χ3n) is 3.38. The lowest BCUT2D eigenvalue weighted by atomic mass is 10.1. The SMILES string of the molecule is CCNC(Cc1ccccn1)c1cc2ccccc2s1. The van der Waals surface area contributed by atoms with Crippen molar-refractivity contribution in [3.05, 3.63) is 65.3 Å². The summed E-state index contributed by atoms with van der Waals surface area (Å²) >= 11 is 1.87. The molecule has 0 spiro atoms. The Morgan fingerprint density at radius 3 is 2.75 bits per heavy atom. The predicted molar refractivity (Wildman–Crippen MR) is 86.2 cm³/mol. The topological polar surface area (TPSA) is 24.9 Å². The van der Waals surface area contributed by atoms with E-state index in [0.29, 0.717) is 6.04 Å². The number of likely N-dealkylation sites (N-methyl/N-ethyl adjacent to an activating group) is 1. The average Bonchev–Trinajstić information content (AvgIpc) is 2.92. The molecule has 20 heavy (non-hydrogen) atoms. The van der Waals surface area contributed by atoms with Crippen LogP contribution in [0, 0.1) is 0 Å². The van der Waals surface area contributed by atoms with E-state index in [0.717, 1.165) is 18.7 Å². The second-order valence-electron chi connectivity index (χ2n) is 4.82. The van der Waals surface area contributed by atoms with Crippen LogP contribution in [0.25, 0.3) is 10.1 Å². The molecule has 1 N–H and O–H groups in total. The van der Waals surface area contributed by atoms with Crippen molar-refractivity contribution in [2.24, 2.45) is 0 Å². The Bertz CT molecular complexity index is 643. The molecule has 1 aromatic carbocycles. The number of pyridine rings is 1. The summed E-state index contributed by atoms with van der Waals surface area (Å²) in [4.78, 5) is 5.83. The molecule has 2 nitrogen and oxygen atoms in total. The molecule has 3 rings (SSSR count). The Morgan fingerprint density at radius 1 is 1.15 bits per heavy atom. The molecule has 0 aliphatic rings. The fraction of sp³-hybridized carbons (Fsp3) is 0.235. The van der Waals surface area contributed by atoms with Crippen molar-refractivity contribution in [3.63, 3.8) is 0 Å². The molecule has 2 aromatic heterocycles. The van der Waals surface area contributed by atoms with Gasteiger partial charge in [0.2, 0.25) is 0 Å². The normalized spacial score (nSPS) is 12.7. The molecule has 0 amide bonds. The van der Waals surface area contributed by atoms with Crippen molar-refractivity contribution in [2.75, 3.05) is 6.54 Å². The summed E-state index contributed by atoms with van der Waals surface area (Å²) in [5.41, 5.74) is 1.14. The Kier molecular flexibility index (Phi) is 4.09. The molecule has 1 unspecified atom stereocenters. The van der Waals surface area contributed by atoms with E-state index in [2.05, 4.69) is 59.7 Å². The van der Waals surface area contributed by atoms with E-state index < -0.39 is 0 Å². The van der Waals surface area contributed by atoms with E-state index in [4.69, 9.17) is 0 Å². The standard InChI is InChI=1S/C17H18N2S/c1-2-18-15(12-14-8-5-6-10-19-14)17-11-13-7-3-4-9-16(13)20-17/h3-11,15,18H,2,12H2,1H3. The number of hydrogen-bond donors (Lipinski definition) is 1. The second kappa shape index (κ2) is 6.16. The zero-order chi connectivity index (χ0) is 13.8. The number of aromatic nitrogens is 1. The van der Waals surface area contributed by atoms with Crippen LogP contribution in [0.3, 0.4) is 0 Å². The Labute approximate surface area is 123 Å². The number of fused-ring (bicyclic) bond motifs is 1. The fourth-order valence-corrected chi connectivity index (χ4v) is 3.56. The van der Waals surface area contributed by atoms with Gasteiger partial charge in [-0.05, 0) is 36.2 Å². The van der Waals surface area contributed by atoms with Crippen LogP contribution in [0.15, 0.2) is 54.7 Å². The Morgan fingerprint density at radius 2 is 2.00 bits per heavy atom. The first-order chi connectivity index (χ1) is 9.86. The minimum absolute atomic E-state index is 0.340. The number of nitrogens with one attached hydrogen (secondary N) is 1. The first-order valence-corrected chi connectivity index (χ1v) is 7.80. The van der Waals surface area contributed by atoms with Gasteiger partial charge in [-0.25, -0.2) is 0 Å². The third kappa shape index (κ3) is 2.89. The zero-order valence-electron chi connectivity index (χ0n) is 11.5. The van der Waals surface area contributed by atoms with Crippen LogP contribution >= 0.6 is 11.3 Å². The summed E-state index contributed by atoms with van der Waals surface area (Å²) in [6.45, 7) is 3.12. The first kappa shape index (κ1) is 13.3. The summed E-state index contributed by atoms with van der Waals surface area (Å²) in [5.74, 6) is 0. The molecule has 0 aliphatic heterocycles. The lowest BCUT2D eigenvalue weighted by Gasteiger charge is -2.15. The molecular weight excluding hydrogens is 264 g/mol. The predicted octanol–water partition coefficient (Wildman–Crippen LogP) is 4.19. The zero-order valence-corrected chi connectivity index (χ0v) is 12.4. The summed E-state index contributed by atoms with van der Waals surface area (Å²) in [7, 11) is 0.